The van der Waals surface area contributed by atoms with Gasteiger partial charge in [0.05, 0.1) is 13.6 Å². The molecule has 0 aromatic carbocycles. The molecule has 1 amide bonds. The highest BCUT2D eigenvalue weighted by atomic mass is 16.6. The molecule has 190 valence electrons. The van der Waals surface area contributed by atoms with Crippen LogP contribution in [0, 0.1) is 17.8 Å². The van der Waals surface area contributed by atoms with E-state index in [9.17, 15) is 4.79 Å². The number of hydrogen-bond donors (Lipinski definition) is 1. The molecule has 1 saturated carbocycles. The monoisotopic (exact) mass is 470 g/mol. The van der Waals surface area contributed by atoms with Crippen molar-refractivity contribution in [1.82, 2.24) is 4.90 Å². The third-order valence-corrected chi connectivity index (χ3v) is 7.18. The number of aliphatic hydroxyl groups excluding tert-OH is 1. The number of allylic oxidation sites excluding steroid dienone is 3. The number of likely N-dealkylation sites (tertiary alicyclic amines) is 1. The molecule has 3 rings (SSSR count). The van der Waals surface area contributed by atoms with Crippen molar-refractivity contribution in [3.05, 3.63) is 36.5 Å². The first kappa shape index (κ1) is 30.2. The number of piperidine rings is 1. The van der Waals surface area contributed by atoms with Gasteiger partial charge in [-0.25, -0.2) is 0 Å². The second-order valence-corrected chi connectivity index (χ2v) is 9.08. The maximum Gasteiger partial charge on any atom is 0.213 e. The number of carbonyl (C=O) groups is 1. The first-order chi connectivity index (χ1) is 16.6. The van der Waals surface area contributed by atoms with Crippen molar-refractivity contribution in [1.29, 1.82) is 0 Å². The van der Waals surface area contributed by atoms with E-state index in [0.717, 1.165) is 56.9 Å². The lowest BCUT2D eigenvalue weighted by Gasteiger charge is -2.37. The second-order valence-electron chi connectivity index (χ2n) is 9.08. The van der Waals surface area contributed by atoms with E-state index in [4.69, 9.17) is 17.8 Å². The molecule has 2 heterocycles. The van der Waals surface area contributed by atoms with Crippen LogP contribution in [0.15, 0.2) is 41.6 Å². The molecule has 0 aromatic rings. The van der Waals surface area contributed by atoms with E-state index >= 15 is 0 Å². The molecular formula is C28H47BN2O3. The van der Waals surface area contributed by atoms with Gasteiger partial charge in [-0.05, 0) is 56.3 Å². The van der Waals surface area contributed by atoms with E-state index in [-0.39, 0.29) is 18.3 Å². The second kappa shape index (κ2) is 17.6. The van der Waals surface area contributed by atoms with Crippen LogP contribution < -0.4 is 0 Å². The van der Waals surface area contributed by atoms with Crippen LogP contribution in [0.5, 0.6) is 0 Å². The smallest absolute Gasteiger partial charge is 0.213 e. The largest absolute Gasteiger partial charge is 0.400 e. The molecule has 0 aromatic heterocycles. The number of oxime groups is 1. The van der Waals surface area contributed by atoms with E-state index in [0.29, 0.717) is 5.92 Å². The molecule has 2 aliphatic heterocycles. The fourth-order valence-electron chi connectivity index (χ4n) is 5.33. The van der Waals surface area contributed by atoms with Crippen LogP contribution in [-0.2, 0) is 9.63 Å². The Hall–Kier alpha value is -1.82. The van der Waals surface area contributed by atoms with Gasteiger partial charge in [0.1, 0.15) is 0 Å². The minimum absolute atomic E-state index is 0.00103. The molecule has 1 unspecified atom stereocenters. The predicted molar refractivity (Wildman–Crippen MR) is 144 cm³/mol. The van der Waals surface area contributed by atoms with Crippen molar-refractivity contribution in [3.8, 4) is 0 Å². The summed E-state index contributed by atoms with van der Waals surface area (Å²) in [6.07, 6.45) is 19.0. The van der Waals surface area contributed by atoms with Crippen molar-refractivity contribution in [2.24, 2.45) is 22.9 Å². The lowest BCUT2D eigenvalue weighted by molar-refractivity contribution is -0.130. The van der Waals surface area contributed by atoms with Gasteiger partial charge in [-0.2, -0.15) is 0 Å². The first-order valence-electron chi connectivity index (χ1n) is 13.3. The van der Waals surface area contributed by atoms with Gasteiger partial charge in [0.2, 0.25) is 5.91 Å². The summed E-state index contributed by atoms with van der Waals surface area (Å²) in [5.74, 6) is 2.25. The third kappa shape index (κ3) is 9.44. The van der Waals surface area contributed by atoms with Crippen LogP contribution in [0.25, 0.3) is 0 Å². The average Bonchev–Trinajstić information content (AvgIpc) is 3.36. The molecule has 6 heteroatoms. The normalized spacial score (nSPS) is 25.9. The Labute approximate surface area is 209 Å². The Balaban J connectivity index is 0.00000137. The number of amides is 1. The Morgan fingerprint density at radius 2 is 1.68 bits per heavy atom. The lowest BCUT2D eigenvalue weighted by atomic mass is 9.75. The summed E-state index contributed by atoms with van der Waals surface area (Å²) in [6, 6.07) is 0. The fourth-order valence-corrected chi connectivity index (χ4v) is 5.33. The van der Waals surface area contributed by atoms with Gasteiger partial charge in [0.25, 0.3) is 0 Å². The van der Waals surface area contributed by atoms with Crippen LogP contribution in [0.1, 0.15) is 78.6 Å². The number of carbonyl (C=O) groups excluding carboxylic acids is 1. The van der Waals surface area contributed by atoms with E-state index in [2.05, 4.69) is 11.7 Å². The average molecular weight is 471 g/mol. The molecular weight excluding hydrogens is 423 g/mol. The van der Waals surface area contributed by atoms with Crippen molar-refractivity contribution in [2.75, 3.05) is 20.2 Å². The van der Waals surface area contributed by atoms with E-state index < -0.39 is 0 Å². The molecule has 1 N–H and O–H groups in total. The molecule has 5 nitrogen and oxygen atoms in total. The summed E-state index contributed by atoms with van der Waals surface area (Å²) in [5.41, 5.74) is 2.24. The standard InChI is InChI=1S/C25H37BN2O2.C2H6.CH4O/c1-3-4-5-8-19(2)24-17-23(27-30-24)22-11-6-9-20(10-7-12-22)21-13-15-28(16-14-21)25(29)18-26;2*1-2/h3-5,8,20-22,24H,2,6-7,9-18H2,1H3;1-2H3;2H,1H3/b4-3-,8-5-;;. The zero-order valence-corrected chi connectivity index (χ0v) is 22.0. The van der Waals surface area contributed by atoms with Gasteiger partial charge < -0.3 is 14.8 Å². The van der Waals surface area contributed by atoms with Gasteiger partial charge in [-0.1, -0.05) is 75.6 Å². The number of nitrogens with zero attached hydrogens (tertiary/aromatic N) is 2. The summed E-state index contributed by atoms with van der Waals surface area (Å²) < 4.78 is 0. The van der Waals surface area contributed by atoms with Crippen molar-refractivity contribution in [3.63, 3.8) is 0 Å². The topological polar surface area (TPSA) is 62.1 Å². The van der Waals surface area contributed by atoms with Crippen molar-refractivity contribution in [2.45, 2.75) is 91.0 Å². The summed E-state index contributed by atoms with van der Waals surface area (Å²) in [6.45, 7) is 11.9. The van der Waals surface area contributed by atoms with E-state index in [1.54, 1.807) is 0 Å². The Bertz CT molecular complexity index is 671. The molecule has 0 bridgehead atoms. The van der Waals surface area contributed by atoms with Gasteiger partial charge in [-0.3, -0.25) is 4.79 Å². The van der Waals surface area contributed by atoms with Crippen molar-refractivity contribution >= 4 is 19.5 Å². The maximum atomic E-state index is 11.8. The lowest BCUT2D eigenvalue weighted by Crippen LogP contribution is -2.40. The van der Waals surface area contributed by atoms with Crippen LogP contribution in [-0.4, -0.2) is 55.8 Å². The maximum absolute atomic E-state index is 11.8. The molecule has 1 saturated heterocycles. The van der Waals surface area contributed by atoms with Crippen molar-refractivity contribution < 1.29 is 14.7 Å². The highest BCUT2D eigenvalue weighted by Gasteiger charge is 2.32. The van der Waals surface area contributed by atoms with Crippen LogP contribution in [0.2, 0.25) is 6.32 Å². The Morgan fingerprint density at radius 1 is 1.09 bits per heavy atom. The van der Waals surface area contributed by atoms with Crippen LogP contribution >= 0.6 is 0 Å². The quantitative estimate of drug-likeness (QED) is 0.390. The summed E-state index contributed by atoms with van der Waals surface area (Å²) in [5, 5.41) is 11.5. The Kier molecular flexibility index (Phi) is 15.6. The fraction of sp³-hybridized carbons (Fsp3) is 0.714. The SMILES string of the molecule is CC.CO.[B]CC(=O)N1CCC(C2CCCC(C3=NOC(C(=C)/C=C\C=C/C)C3)CCC2)CC1. The highest BCUT2D eigenvalue weighted by molar-refractivity contribution is 6.19. The summed E-state index contributed by atoms with van der Waals surface area (Å²) in [7, 11) is 6.51. The molecule has 2 radical (unpaired) electrons. The minimum atomic E-state index is 0.00103. The zero-order valence-electron chi connectivity index (χ0n) is 22.0. The molecule has 2 fully saturated rings. The first-order valence-corrected chi connectivity index (χ1v) is 13.3. The molecule has 34 heavy (non-hydrogen) atoms. The molecule has 0 spiro atoms. The van der Waals surface area contributed by atoms with Gasteiger partial charge in [0, 0.05) is 32.5 Å². The number of aliphatic hydroxyl groups is 1. The van der Waals surface area contributed by atoms with E-state index in [1.807, 2.05) is 50.0 Å². The minimum Gasteiger partial charge on any atom is -0.400 e. The van der Waals surface area contributed by atoms with Crippen LogP contribution in [0.4, 0.5) is 0 Å². The van der Waals surface area contributed by atoms with Gasteiger partial charge >= 0.3 is 0 Å². The predicted octanol–water partition coefficient (Wildman–Crippen LogP) is 5.87. The number of hydrogen-bond acceptors (Lipinski definition) is 4. The third-order valence-electron chi connectivity index (χ3n) is 7.18. The number of rotatable bonds is 6. The zero-order chi connectivity index (χ0) is 25.3. The summed E-state index contributed by atoms with van der Waals surface area (Å²) >= 11 is 0. The summed E-state index contributed by atoms with van der Waals surface area (Å²) in [4.78, 5) is 19.5. The molecule has 3 aliphatic rings. The van der Waals surface area contributed by atoms with Gasteiger partial charge in [-0.15, -0.1) is 0 Å². The van der Waals surface area contributed by atoms with Crippen LogP contribution in [0.3, 0.4) is 0 Å². The highest BCUT2D eigenvalue weighted by Crippen LogP contribution is 2.37. The van der Waals surface area contributed by atoms with Gasteiger partial charge in [0.15, 0.2) is 6.10 Å². The molecule has 1 atom stereocenters. The molecule has 1 aliphatic carbocycles. The van der Waals surface area contributed by atoms with E-state index in [1.165, 1.54) is 44.2 Å². The Morgan fingerprint density at radius 3 is 2.24 bits per heavy atom.